The summed E-state index contributed by atoms with van der Waals surface area (Å²) in [6, 6.07) is 10.1. The molecule has 2 aliphatic rings. The van der Waals surface area contributed by atoms with Crippen LogP contribution in [0, 0.1) is 5.95 Å². The molecule has 132 valence electrons. The third kappa shape index (κ3) is 3.32. The number of fused-ring (bicyclic) bond motifs is 2. The minimum atomic E-state index is -0.422. The van der Waals surface area contributed by atoms with Crippen molar-refractivity contribution < 1.29 is 13.9 Å². The average molecular weight is 342 g/mol. The highest BCUT2D eigenvalue weighted by Crippen LogP contribution is 2.44. The van der Waals surface area contributed by atoms with Gasteiger partial charge in [-0.3, -0.25) is 4.90 Å². The van der Waals surface area contributed by atoms with Crippen molar-refractivity contribution >= 4 is 0 Å². The van der Waals surface area contributed by atoms with Crippen LogP contribution in [-0.2, 0) is 34.8 Å². The highest BCUT2D eigenvalue weighted by Gasteiger charge is 2.43. The Morgan fingerprint density at radius 2 is 1.92 bits per heavy atom. The van der Waals surface area contributed by atoms with E-state index in [9.17, 15) is 4.39 Å². The first-order valence-electron chi connectivity index (χ1n) is 8.76. The molecule has 0 unspecified atom stereocenters. The highest BCUT2D eigenvalue weighted by molar-refractivity contribution is 5.33. The van der Waals surface area contributed by atoms with Crippen molar-refractivity contribution in [3.63, 3.8) is 0 Å². The van der Waals surface area contributed by atoms with Crippen LogP contribution in [0.3, 0.4) is 0 Å². The van der Waals surface area contributed by atoms with Gasteiger partial charge in [0.25, 0.3) is 0 Å². The van der Waals surface area contributed by atoms with Crippen LogP contribution in [0.2, 0.25) is 0 Å². The number of ether oxygens (including phenoxy) is 2. The second-order valence-corrected chi connectivity index (χ2v) is 6.97. The predicted octanol–water partition coefficient (Wildman–Crippen LogP) is 3.39. The molecule has 2 aliphatic heterocycles. The quantitative estimate of drug-likeness (QED) is 0.798. The van der Waals surface area contributed by atoms with Gasteiger partial charge in [-0.2, -0.15) is 4.39 Å². The zero-order valence-electron chi connectivity index (χ0n) is 14.5. The van der Waals surface area contributed by atoms with Gasteiger partial charge in [0.15, 0.2) is 0 Å². The Labute approximate surface area is 147 Å². The van der Waals surface area contributed by atoms with Crippen molar-refractivity contribution in [3.8, 4) is 0 Å². The van der Waals surface area contributed by atoms with Crippen LogP contribution in [0.25, 0.3) is 0 Å². The molecule has 0 radical (unpaired) electrons. The number of hydrogen-bond acceptors (Lipinski definition) is 4. The lowest BCUT2D eigenvalue weighted by Crippen LogP contribution is -2.42. The number of rotatable bonds is 4. The van der Waals surface area contributed by atoms with E-state index in [2.05, 4.69) is 34.1 Å². The van der Waals surface area contributed by atoms with Crippen LogP contribution < -0.4 is 0 Å². The molecule has 1 aromatic carbocycles. The summed E-state index contributed by atoms with van der Waals surface area (Å²) >= 11 is 0. The minimum absolute atomic E-state index is 0.269. The van der Waals surface area contributed by atoms with E-state index in [0.29, 0.717) is 13.2 Å². The Hall–Kier alpha value is -1.82. The molecule has 0 amide bonds. The number of aromatic nitrogens is 1. The van der Waals surface area contributed by atoms with Crippen LogP contribution in [-0.4, -0.2) is 30.1 Å². The first-order chi connectivity index (χ1) is 12.2. The lowest BCUT2D eigenvalue weighted by molar-refractivity contribution is -0.0800. The monoisotopic (exact) mass is 342 g/mol. The van der Waals surface area contributed by atoms with Crippen molar-refractivity contribution in [2.75, 3.05) is 20.2 Å². The van der Waals surface area contributed by atoms with Gasteiger partial charge in [-0.1, -0.05) is 24.3 Å². The maximum absolute atomic E-state index is 13.3. The van der Waals surface area contributed by atoms with Crippen molar-refractivity contribution in [1.29, 1.82) is 0 Å². The molecule has 1 spiro atoms. The molecule has 25 heavy (non-hydrogen) atoms. The topological polar surface area (TPSA) is 34.6 Å². The first-order valence-corrected chi connectivity index (χ1v) is 8.76. The fourth-order valence-electron chi connectivity index (χ4n) is 3.94. The Morgan fingerprint density at radius 1 is 1.20 bits per heavy atom. The normalized spacial score (nSPS) is 19.3. The Morgan fingerprint density at radius 3 is 2.64 bits per heavy atom. The SMILES string of the molecule is COCc1ccc(CN2CCC3(CC2)OCc2cc(F)ncc23)cc1. The summed E-state index contributed by atoms with van der Waals surface area (Å²) in [6.07, 6.45) is 3.52. The average Bonchev–Trinajstić information content (AvgIpc) is 2.97. The van der Waals surface area contributed by atoms with E-state index < -0.39 is 5.95 Å². The van der Waals surface area contributed by atoms with Gasteiger partial charge in [0.05, 0.1) is 18.8 Å². The number of methoxy groups -OCH3 is 1. The Balaban J connectivity index is 1.39. The van der Waals surface area contributed by atoms with Crippen molar-refractivity contribution in [2.24, 2.45) is 0 Å². The molecule has 0 N–H and O–H groups in total. The van der Waals surface area contributed by atoms with Crippen LogP contribution in [0.4, 0.5) is 4.39 Å². The number of benzene rings is 1. The fraction of sp³-hybridized carbons (Fsp3) is 0.450. The van der Waals surface area contributed by atoms with E-state index in [0.717, 1.165) is 43.6 Å². The van der Waals surface area contributed by atoms with Gasteiger partial charge >= 0.3 is 0 Å². The number of piperidine rings is 1. The standard InChI is InChI=1S/C20H23FN2O2/c1-24-13-16-4-2-15(3-5-16)12-23-8-6-20(7-9-23)18-11-22-19(21)10-17(18)14-25-20/h2-5,10-11H,6-9,12-14H2,1H3. The Kier molecular flexibility index (Phi) is 4.54. The molecule has 0 bridgehead atoms. The highest BCUT2D eigenvalue weighted by atomic mass is 19.1. The van der Waals surface area contributed by atoms with E-state index in [4.69, 9.17) is 9.47 Å². The molecule has 1 aromatic heterocycles. The molecule has 0 atom stereocenters. The fourth-order valence-corrected chi connectivity index (χ4v) is 3.94. The minimum Gasteiger partial charge on any atom is -0.380 e. The number of halogens is 1. The molecule has 0 saturated carbocycles. The smallest absolute Gasteiger partial charge is 0.213 e. The van der Waals surface area contributed by atoms with Crippen molar-refractivity contribution in [1.82, 2.24) is 9.88 Å². The second kappa shape index (κ2) is 6.83. The summed E-state index contributed by atoms with van der Waals surface area (Å²) < 4.78 is 24.6. The van der Waals surface area contributed by atoms with Crippen molar-refractivity contribution in [3.05, 3.63) is 64.7 Å². The summed E-state index contributed by atoms with van der Waals surface area (Å²) in [4.78, 5) is 6.29. The number of likely N-dealkylation sites (tertiary alicyclic amines) is 1. The molecule has 3 heterocycles. The van der Waals surface area contributed by atoms with Gasteiger partial charge < -0.3 is 9.47 Å². The zero-order chi connectivity index (χ0) is 17.3. The van der Waals surface area contributed by atoms with E-state index in [-0.39, 0.29) is 5.60 Å². The largest absolute Gasteiger partial charge is 0.380 e. The lowest BCUT2D eigenvalue weighted by atomic mass is 9.84. The molecular formula is C20H23FN2O2. The molecule has 1 fully saturated rings. The molecule has 5 heteroatoms. The third-order valence-corrected chi connectivity index (χ3v) is 5.35. The molecule has 0 aliphatic carbocycles. The molecule has 2 aromatic rings. The summed E-state index contributed by atoms with van der Waals surface area (Å²) in [5.74, 6) is -0.422. The molecular weight excluding hydrogens is 319 g/mol. The van der Waals surface area contributed by atoms with Crippen LogP contribution in [0.15, 0.2) is 36.5 Å². The maximum Gasteiger partial charge on any atom is 0.213 e. The van der Waals surface area contributed by atoms with Crippen molar-refractivity contribution in [2.45, 2.75) is 38.2 Å². The summed E-state index contributed by atoms with van der Waals surface area (Å²) in [5.41, 5.74) is 4.27. The van der Waals surface area contributed by atoms with Gasteiger partial charge in [0, 0.05) is 38.5 Å². The van der Waals surface area contributed by atoms with E-state index in [1.165, 1.54) is 17.2 Å². The lowest BCUT2D eigenvalue weighted by Gasteiger charge is -2.39. The molecule has 4 nitrogen and oxygen atoms in total. The molecule has 4 rings (SSSR count). The van der Waals surface area contributed by atoms with Gasteiger partial charge in [-0.05, 0) is 35.6 Å². The number of hydrogen-bond donors (Lipinski definition) is 0. The summed E-state index contributed by atoms with van der Waals surface area (Å²) in [5, 5.41) is 0. The van der Waals surface area contributed by atoms with Gasteiger partial charge in [-0.25, -0.2) is 4.98 Å². The Bertz CT molecular complexity index is 740. The van der Waals surface area contributed by atoms with Gasteiger partial charge in [-0.15, -0.1) is 0 Å². The maximum atomic E-state index is 13.3. The third-order valence-electron chi connectivity index (χ3n) is 5.35. The van der Waals surface area contributed by atoms with Gasteiger partial charge in [0.2, 0.25) is 5.95 Å². The van der Waals surface area contributed by atoms with E-state index >= 15 is 0 Å². The van der Waals surface area contributed by atoms with Gasteiger partial charge in [0.1, 0.15) is 0 Å². The van der Waals surface area contributed by atoms with Crippen LogP contribution in [0.1, 0.15) is 35.1 Å². The first kappa shape index (κ1) is 16.6. The van der Waals surface area contributed by atoms with E-state index in [1.54, 1.807) is 13.3 Å². The van der Waals surface area contributed by atoms with Crippen LogP contribution in [0.5, 0.6) is 0 Å². The summed E-state index contributed by atoms with van der Waals surface area (Å²) in [6.45, 7) is 4.03. The number of pyridine rings is 1. The second-order valence-electron chi connectivity index (χ2n) is 6.97. The summed E-state index contributed by atoms with van der Waals surface area (Å²) in [7, 11) is 1.71. The van der Waals surface area contributed by atoms with E-state index in [1.807, 2.05) is 0 Å². The van der Waals surface area contributed by atoms with Crippen LogP contribution >= 0.6 is 0 Å². The molecule has 1 saturated heterocycles. The number of nitrogens with zero attached hydrogens (tertiary/aromatic N) is 2. The zero-order valence-corrected chi connectivity index (χ0v) is 14.5. The predicted molar refractivity (Wildman–Crippen MR) is 92.3 cm³/mol.